The number of hydrogen-bond donors (Lipinski definition) is 2. The third-order valence-electron chi connectivity index (χ3n) is 3.14. The van der Waals surface area contributed by atoms with Crippen molar-refractivity contribution in [1.29, 1.82) is 0 Å². The van der Waals surface area contributed by atoms with E-state index in [4.69, 9.17) is 10.6 Å². The molecule has 112 valence electrons. The number of nitrogens with one attached hydrogen (secondary N) is 1. The minimum atomic E-state index is -0.624. The Morgan fingerprint density at radius 3 is 2.38 bits per heavy atom. The SMILES string of the molecule is COc1ccc(CC(NN)c2cc(F)cc(F)c2)cc1Br. The monoisotopic (exact) mass is 356 g/mol. The first kappa shape index (κ1) is 15.9. The Kier molecular flexibility index (Phi) is 5.27. The highest BCUT2D eigenvalue weighted by Gasteiger charge is 2.14. The number of hydrogen-bond acceptors (Lipinski definition) is 3. The highest BCUT2D eigenvalue weighted by molar-refractivity contribution is 9.10. The van der Waals surface area contributed by atoms with Gasteiger partial charge < -0.3 is 4.74 Å². The van der Waals surface area contributed by atoms with Crippen LogP contribution in [0.3, 0.4) is 0 Å². The van der Waals surface area contributed by atoms with Crippen LogP contribution in [-0.4, -0.2) is 7.11 Å². The molecular weight excluding hydrogens is 342 g/mol. The van der Waals surface area contributed by atoms with Crippen molar-refractivity contribution >= 4 is 15.9 Å². The van der Waals surface area contributed by atoms with Gasteiger partial charge in [-0.25, -0.2) is 8.78 Å². The van der Waals surface area contributed by atoms with E-state index in [1.54, 1.807) is 7.11 Å². The van der Waals surface area contributed by atoms with Gasteiger partial charge in [0.05, 0.1) is 17.6 Å². The average molecular weight is 357 g/mol. The van der Waals surface area contributed by atoms with E-state index in [1.165, 1.54) is 12.1 Å². The summed E-state index contributed by atoms with van der Waals surface area (Å²) in [7, 11) is 1.58. The van der Waals surface area contributed by atoms with Crippen LogP contribution in [0.4, 0.5) is 8.78 Å². The molecule has 0 heterocycles. The van der Waals surface area contributed by atoms with Gasteiger partial charge in [0.25, 0.3) is 0 Å². The van der Waals surface area contributed by atoms with E-state index >= 15 is 0 Å². The van der Waals surface area contributed by atoms with Gasteiger partial charge in [0, 0.05) is 6.07 Å². The first-order valence-electron chi connectivity index (χ1n) is 6.28. The quantitative estimate of drug-likeness (QED) is 0.636. The van der Waals surface area contributed by atoms with Crippen molar-refractivity contribution in [2.45, 2.75) is 12.5 Å². The molecule has 6 heteroatoms. The Morgan fingerprint density at radius 1 is 1.19 bits per heavy atom. The van der Waals surface area contributed by atoms with Gasteiger partial charge in [-0.1, -0.05) is 6.07 Å². The number of hydrazine groups is 1. The Morgan fingerprint density at radius 2 is 1.86 bits per heavy atom. The largest absolute Gasteiger partial charge is 0.496 e. The van der Waals surface area contributed by atoms with Crippen LogP contribution in [0.15, 0.2) is 40.9 Å². The molecule has 0 saturated heterocycles. The molecule has 3 N–H and O–H groups in total. The van der Waals surface area contributed by atoms with Gasteiger partial charge in [0.15, 0.2) is 0 Å². The molecule has 0 aliphatic rings. The van der Waals surface area contributed by atoms with E-state index in [0.29, 0.717) is 17.7 Å². The van der Waals surface area contributed by atoms with E-state index in [-0.39, 0.29) is 0 Å². The summed E-state index contributed by atoms with van der Waals surface area (Å²) < 4.78 is 32.6. The van der Waals surface area contributed by atoms with Crippen molar-refractivity contribution in [3.8, 4) is 5.75 Å². The molecule has 0 fully saturated rings. The predicted octanol–water partition coefficient (Wildman–Crippen LogP) is 3.48. The highest BCUT2D eigenvalue weighted by atomic mass is 79.9. The lowest BCUT2D eigenvalue weighted by atomic mass is 9.99. The zero-order chi connectivity index (χ0) is 15.4. The topological polar surface area (TPSA) is 47.3 Å². The summed E-state index contributed by atoms with van der Waals surface area (Å²) in [5, 5.41) is 0. The van der Waals surface area contributed by atoms with Gasteiger partial charge in [0.1, 0.15) is 17.4 Å². The molecule has 0 bridgehead atoms. The molecule has 0 saturated carbocycles. The summed E-state index contributed by atoms with van der Waals surface area (Å²) in [4.78, 5) is 0. The average Bonchev–Trinajstić information content (AvgIpc) is 2.43. The molecule has 2 aromatic carbocycles. The first-order chi connectivity index (χ1) is 10.0. The molecule has 1 unspecified atom stereocenters. The van der Waals surface area contributed by atoms with Gasteiger partial charge >= 0.3 is 0 Å². The zero-order valence-electron chi connectivity index (χ0n) is 11.4. The predicted molar refractivity (Wildman–Crippen MR) is 80.8 cm³/mol. The molecule has 2 aromatic rings. The minimum absolute atomic E-state index is 0.393. The van der Waals surface area contributed by atoms with Crippen LogP contribution in [0, 0.1) is 11.6 Å². The van der Waals surface area contributed by atoms with Crippen LogP contribution >= 0.6 is 15.9 Å². The van der Waals surface area contributed by atoms with Gasteiger partial charge in [-0.15, -0.1) is 0 Å². The number of halogens is 3. The summed E-state index contributed by atoms with van der Waals surface area (Å²) in [6.45, 7) is 0. The maximum absolute atomic E-state index is 13.3. The number of ether oxygens (including phenoxy) is 1. The molecule has 3 nitrogen and oxygen atoms in total. The van der Waals surface area contributed by atoms with E-state index in [1.807, 2.05) is 18.2 Å². The molecule has 0 aromatic heterocycles. The number of benzene rings is 2. The van der Waals surface area contributed by atoms with Crippen LogP contribution < -0.4 is 16.0 Å². The molecular formula is C15H15BrF2N2O. The minimum Gasteiger partial charge on any atom is -0.496 e. The standard InChI is InChI=1S/C15H15BrF2N2O/c1-21-15-3-2-9(4-13(15)16)5-14(20-19)10-6-11(17)8-12(18)7-10/h2-4,6-8,14,20H,5,19H2,1H3. The fourth-order valence-corrected chi connectivity index (χ4v) is 2.71. The Hall–Kier alpha value is -1.50. The summed E-state index contributed by atoms with van der Waals surface area (Å²) in [5.41, 5.74) is 4.00. The smallest absolute Gasteiger partial charge is 0.133 e. The van der Waals surface area contributed by atoms with Crippen LogP contribution in [0.1, 0.15) is 17.2 Å². The summed E-state index contributed by atoms with van der Waals surface area (Å²) in [5.74, 6) is 4.98. The van der Waals surface area contributed by atoms with E-state index in [0.717, 1.165) is 16.1 Å². The third kappa shape index (κ3) is 4.00. The normalized spacial score (nSPS) is 12.2. The molecule has 21 heavy (non-hydrogen) atoms. The molecule has 0 amide bonds. The Balaban J connectivity index is 2.24. The van der Waals surface area contributed by atoms with Crippen molar-refractivity contribution in [3.05, 3.63) is 63.6 Å². The Bertz CT molecular complexity index is 617. The second kappa shape index (κ2) is 6.98. The fraction of sp³-hybridized carbons (Fsp3) is 0.200. The van der Waals surface area contributed by atoms with Crippen LogP contribution in [-0.2, 0) is 6.42 Å². The van der Waals surface area contributed by atoms with Crippen LogP contribution in [0.2, 0.25) is 0 Å². The van der Waals surface area contributed by atoms with Crippen molar-refractivity contribution in [2.24, 2.45) is 5.84 Å². The van der Waals surface area contributed by atoms with E-state index in [9.17, 15) is 8.78 Å². The number of nitrogens with two attached hydrogens (primary N) is 1. The maximum atomic E-state index is 13.3. The molecule has 0 radical (unpaired) electrons. The van der Waals surface area contributed by atoms with E-state index < -0.39 is 17.7 Å². The van der Waals surface area contributed by atoms with Crippen molar-refractivity contribution in [3.63, 3.8) is 0 Å². The zero-order valence-corrected chi connectivity index (χ0v) is 13.0. The van der Waals surface area contributed by atoms with Crippen molar-refractivity contribution < 1.29 is 13.5 Å². The third-order valence-corrected chi connectivity index (χ3v) is 3.76. The van der Waals surface area contributed by atoms with Gasteiger partial charge in [-0.3, -0.25) is 11.3 Å². The van der Waals surface area contributed by atoms with E-state index in [2.05, 4.69) is 21.4 Å². The second-order valence-corrected chi connectivity index (χ2v) is 5.45. The van der Waals surface area contributed by atoms with Gasteiger partial charge in [-0.2, -0.15) is 0 Å². The van der Waals surface area contributed by atoms with Crippen molar-refractivity contribution in [1.82, 2.24) is 5.43 Å². The number of methoxy groups -OCH3 is 1. The summed E-state index contributed by atoms with van der Waals surface area (Å²) >= 11 is 3.40. The number of rotatable bonds is 5. The lowest BCUT2D eigenvalue weighted by molar-refractivity contribution is 0.412. The molecule has 1 atom stereocenters. The molecule has 0 spiro atoms. The molecule has 0 aliphatic carbocycles. The lowest BCUT2D eigenvalue weighted by Crippen LogP contribution is -2.29. The maximum Gasteiger partial charge on any atom is 0.133 e. The van der Waals surface area contributed by atoms with Crippen LogP contribution in [0.25, 0.3) is 0 Å². The summed E-state index contributed by atoms with van der Waals surface area (Å²) in [6, 6.07) is 8.57. The first-order valence-corrected chi connectivity index (χ1v) is 7.07. The van der Waals surface area contributed by atoms with Crippen LogP contribution in [0.5, 0.6) is 5.75 Å². The molecule has 2 rings (SSSR count). The second-order valence-electron chi connectivity index (χ2n) is 4.60. The van der Waals surface area contributed by atoms with Gasteiger partial charge in [0.2, 0.25) is 0 Å². The summed E-state index contributed by atoms with van der Waals surface area (Å²) in [6.07, 6.45) is 0.488. The lowest BCUT2D eigenvalue weighted by Gasteiger charge is -2.17. The Labute approximate surface area is 130 Å². The van der Waals surface area contributed by atoms with Gasteiger partial charge in [-0.05, 0) is 57.7 Å². The fourth-order valence-electron chi connectivity index (χ4n) is 2.12. The highest BCUT2D eigenvalue weighted by Crippen LogP contribution is 2.28. The van der Waals surface area contributed by atoms with Crippen molar-refractivity contribution in [2.75, 3.05) is 7.11 Å². The molecule has 0 aliphatic heterocycles.